The third-order valence-corrected chi connectivity index (χ3v) is 4.90. The molecule has 10 heteroatoms. The van der Waals surface area contributed by atoms with E-state index in [1.54, 1.807) is 22.8 Å². The summed E-state index contributed by atoms with van der Waals surface area (Å²) in [7, 11) is 0. The van der Waals surface area contributed by atoms with E-state index in [1.165, 1.54) is 0 Å². The zero-order valence-electron chi connectivity index (χ0n) is 15.5. The maximum absolute atomic E-state index is 12.2. The van der Waals surface area contributed by atoms with Gasteiger partial charge >= 0.3 is 12.1 Å². The van der Waals surface area contributed by atoms with Crippen molar-refractivity contribution in [3.63, 3.8) is 0 Å². The Morgan fingerprint density at radius 1 is 1.11 bits per heavy atom. The highest BCUT2D eigenvalue weighted by Gasteiger charge is 2.25. The van der Waals surface area contributed by atoms with E-state index in [9.17, 15) is 14.4 Å². The van der Waals surface area contributed by atoms with Gasteiger partial charge in [-0.15, -0.1) is 0 Å². The molecule has 0 bridgehead atoms. The van der Waals surface area contributed by atoms with Crippen LogP contribution in [0.3, 0.4) is 0 Å². The van der Waals surface area contributed by atoms with Crippen molar-refractivity contribution >= 4 is 40.8 Å². The zero-order chi connectivity index (χ0) is 19.9. The SMILES string of the molecule is CCOC(=O)N1CCN(C(=O)COC(=O)CSc2nc3ccccc3o2)CC1. The number of hydrogen-bond acceptors (Lipinski definition) is 8. The summed E-state index contributed by atoms with van der Waals surface area (Å²) in [4.78, 5) is 43.1. The summed E-state index contributed by atoms with van der Waals surface area (Å²) in [6.07, 6.45) is -0.378. The van der Waals surface area contributed by atoms with Gasteiger partial charge in [-0.3, -0.25) is 9.59 Å². The van der Waals surface area contributed by atoms with E-state index in [-0.39, 0.29) is 24.4 Å². The summed E-state index contributed by atoms with van der Waals surface area (Å²) >= 11 is 1.11. The van der Waals surface area contributed by atoms with Gasteiger partial charge in [-0.2, -0.15) is 0 Å². The normalized spacial score (nSPS) is 14.2. The van der Waals surface area contributed by atoms with E-state index in [0.717, 1.165) is 17.3 Å². The lowest BCUT2D eigenvalue weighted by Crippen LogP contribution is -2.51. The molecule has 28 heavy (non-hydrogen) atoms. The molecule has 0 spiro atoms. The molecule has 0 atom stereocenters. The van der Waals surface area contributed by atoms with Gasteiger partial charge in [-0.05, 0) is 19.1 Å². The number of benzene rings is 1. The zero-order valence-corrected chi connectivity index (χ0v) is 16.3. The number of esters is 1. The summed E-state index contributed by atoms with van der Waals surface area (Å²) in [5.41, 5.74) is 1.37. The van der Waals surface area contributed by atoms with Crippen LogP contribution < -0.4 is 0 Å². The van der Waals surface area contributed by atoms with Gasteiger partial charge in [0.1, 0.15) is 11.3 Å². The topological polar surface area (TPSA) is 102 Å². The number of aromatic nitrogens is 1. The Bertz CT molecular complexity index is 814. The smallest absolute Gasteiger partial charge is 0.409 e. The van der Waals surface area contributed by atoms with Crippen molar-refractivity contribution in [2.45, 2.75) is 12.1 Å². The fourth-order valence-electron chi connectivity index (χ4n) is 2.66. The van der Waals surface area contributed by atoms with Crippen LogP contribution in [0.5, 0.6) is 0 Å². The van der Waals surface area contributed by atoms with E-state index in [2.05, 4.69) is 4.98 Å². The van der Waals surface area contributed by atoms with Crippen molar-refractivity contribution in [2.24, 2.45) is 0 Å². The number of fused-ring (bicyclic) bond motifs is 1. The first kappa shape index (κ1) is 20.0. The number of oxazole rings is 1. The molecule has 1 aliphatic heterocycles. The molecular weight excluding hydrogens is 386 g/mol. The second-order valence-electron chi connectivity index (χ2n) is 5.96. The lowest BCUT2D eigenvalue weighted by molar-refractivity contribution is -0.150. The van der Waals surface area contributed by atoms with Crippen LogP contribution in [0.4, 0.5) is 4.79 Å². The Labute approximate surface area is 165 Å². The number of amides is 2. The van der Waals surface area contributed by atoms with Gasteiger partial charge in [-0.25, -0.2) is 9.78 Å². The van der Waals surface area contributed by atoms with E-state index >= 15 is 0 Å². The minimum atomic E-state index is -0.522. The van der Waals surface area contributed by atoms with Crippen molar-refractivity contribution < 1.29 is 28.3 Å². The molecule has 150 valence electrons. The molecule has 0 saturated carbocycles. The highest BCUT2D eigenvalue weighted by atomic mass is 32.2. The molecule has 0 N–H and O–H groups in total. The molecular formula is C18H21N3O6S. The molecule has 9 nitrogen and oxygen atoms in total. The molecule has 2 amide bonds. The fourth-order valence-corrected chi connectivity index (χ4v) is 3.30. The van der Waals surface area contributed by atoms with Crippen LogP contribution in [-0.2, 0) is 19.1 Å². The lowest BCUT2D eigenvalue weighted by Gasteiger charge is -2.33. The summed E-state index contributed by atoms with van der Waals surface area (Å²) < 4.78 is 15.5. The minimum absolute atomic E-state index is 0.00324. The molecule has 2 heterocycles. The average Bonchev–Trinajstić information content (AvgIpc) is 3.14. The summed E-state index contributed by atoms with van der Waals surface area (Å²) in [5, 5.41) is 0.375. The Morgan fingerprint density at radius 3 is 2.54 bits per heavy atom. The van der Waals surface area contributed by atoms with E-state index < -0.39 is 5.97 Å². The number of rotatable bonds is 6. The van der Waals surface area contributed by atoms with Gasteiger partial charge in [0.2, 0.25) is 0 Å². The van der Waals surface area contributed by atoms with Crippen molar-refractivity contribution in [2.75, 3.05) is 45.1 Å². The van der Waals surface area contributed by atoms with Crippen molar-refractivity contribution in [1.29, 1.82) is 0 Å². The van der Waals surface area contributed by atoms with E-state index in [4.69, 9.17) is 13.9 Å². The number of nitrogens with zero attached hydrogens (tertiary/aromatic N) is 3. The highest BCUT2D eigenvalue weighted by molar-refractivity contribution is 7.99. The van der Waals surface area contributed by atoms with Gasteiger partial charge in [0.15, 0.2) is 12.2 Å². The Morgan fingerprint density at radius 2 is 1.82 bits per heavy atom. The van der Waals surface area contributed by atoms with Gasteiger partial charge in [0.25, 0.3) is 11.1 Å². The van der Waals surface area contributed by atoms with Gasteiger partial charge < -0.3 is 23.7 Å². The first-order valence-electron chi connectivity index (χ1n) is 8.90. The van der Waals surface area contributed by atoms with Crippen LogP contribution in [0.1, 0.15) is 6.92 Å². The number of ether oxygens (including phenoxy) is 2. The van der Waals surface area contributed by atoms with E-state index in [1.807, 2.05) is 18.2 Å². The van der Waals surface area contributed by atoms with Gasteiger partial charge in [-0.1, -0.05) is 23.9 Å². The van der Waals surface area contributed by atoms with Crippen LogP contribution >= 0.6 is 11.8 Å². The Hall–Kier alpha value is -2.75. The molecule has 0 unspecified atom stereocenters. The summed E-state index contributed by atoms with van der Waals surface area (Å²) in [6.45, 7) is 3.29. The van der Waals surface area contributed by atoms with Crippen molar-refractivity contribution in [1.82, 2.24) is 14.8 Å². The van der Waals surface area contributed by atoms with Crippen LogP contribution in [0, 0.1) is 0 Å². The van der Waals surface area contributed by atoms with Crippen molar-refractivity contribution in [3.8, 4) is 0 Å². The number of para-hydroxylation sites is 2. The molecule has 1 aromatic heterocycles. The summed E-state index contributed by atoms with van der Waals surface area (Å²) in [5.74, 6) is -0.814. The number of hydrogen-bond donors (Lipinski definition) is 0. The molecule has 0 aliphatic carbocycles. The molecule has 1 aliphatic rings. The van der Waals surface area contributed by atoms with Crippen LogP contribution in [0.15, 0.2) is 33.9 Å². The third kappa shape index (κ3) is 5.16. The highest BCUT2D eigenvalue weighted by Crippen LogP contribution is 2.23. The third-order valence-electron chi connectivity index (χ3n) is 4.10. The first-order chi connectivity index (χ1) is 13.6. The van der Waals surface area contributed by atoms with Crippen LogP contribution in [0.2, 0.25) is 0 Å². The van der Waals surface area contributed by atoms with Gasteiger partial charge in [0, 0.05) is 26.2 Å². The second-order valence-corrected chi connectivity index (χ2v) is 6.89. The Kier molecular flexibility index (Phi) is 6.75. The quantitative estimate of drug-likeness (QED) is 0.527. The maximum Gasteiger partial charge on any atom is 0.409 e. The lowest BCUT2D eigenvalue weighted by atomic mass is 10.3. The standard InChI is InChI=1S/C18H21N3O6S/c1-2-25-18(24)21-9-7-20(8-10-21)15(22)11-26-16(23)12-28-17-19-13-5-3-4-6-14(13)27-17/h3-6H,2,7-12H2,1H3. The molecule has 2 aromatic rings. The number of carbonyl (C=O) groups excluding carboxylic acids is 3. The minimum Gasteiger partial charge on any atom is -0.455 e. The first-order valence-corrected chi connectivity index (χ1v) is 9.89. The number of carbonyl (C=O) groups is 3. The van der Waals surface area contributed by atoms with Crippen LogP contribution in [0.25, 0.3) is 11.1 Å². The predicted octanol–water partition coefficient (Wildman–Crippen LogP) is 1.76. The molecule has 3 rings (SSSR count). The molecule has 1 aromatic carbocycles. The monoisotopic (exact) mass is 407 g/mol. The predicted molar refractivity (Wildman–Crippen MR) is 101 cm³/mol. The number of thioether (sulfide) groups is 1. The number of piperazine rings is 1. The average molecular weight is 407 g/mol. The largest absolute Gasteiger partial charge is 0.455 e. The van der Waals surface area contributed by atoms with E-state index in [0.29, 0.717) is 43.6 Å². The van der Waals surface area contributed by atoms with Crippen LogP contribution in [-0.4, -0.2) is 77.9 Å². The molecule has 0 radical (unpaired) electrons. The molecule has 1 fully saturated rings. The molecule has 1 saturated heterocycles. The Balaban J connectivity index is 1.37. The summed E-state index contributed by atoms with van der Waals surface area (Å²) in [6, 6.07) is 7.31. The van der Waals surface area contributed by atoms with Crippen molar-refractivity contribution in [3.05, 3.63) is 24.3 Å². The maximum atomic E-state index is 12.2. The van der Waals surface area contributed by atoms with Gasteiger partial charge in [0.05, 0.1) is 6.61 Å². The second kappa shape index (κ2) is 9.45. The fraction of sp³-hybridized carbons (Fsp3) is 0.444.